The number of nitrogens with one attached hydrogen (secondary N) is 1. The number of nitro benzene ring substituents is 1. The van der Waals surface area contributed by atoms with Crippen molar-refractivity contribution in [2.45, 2.75) is 13.5 Å². The molecule has 0 aliphatic carbocycles. The molecule has 9 nitrogen and oxygen atoms in total. The number of rotatable bonds is 7. The van der Waals surface area contributed by atoms with E-state index in [1.165, 1.54) is 25.3 Å². The summed E-state index contributed by atoms with van der Waals surface area (Å²) >= 11 is 0. The fourth-order valence-electron chi connectivity index (χ4n) is 2.19. The molecule has 0 radical (unpaired) electrons. The zero-order chi connectivity index (χ0) is 19.1. The van der Waals surface area contributed by atoms with Crippen LogP contribution in [0.5, 0.6) is 5.75 Å². The van der Waals surface area contributed by atoms with Crippen LogP contribution in [0.3, 0.4) is 0 Å². The maximum absolute atomic E-state index is 12.4. The third-order valence-electron chi connectivity index (χ3n) is 3.44. The van der Waals surface area contributed by atoms with Gasteiger partial charge >= 0.3 is 11.8 Å². The number of pyridine rings is 1. The molecule has 2 aromatic rings. The average Bonchev–Trinajstić information content (AvgIpc) is 2.62. The Balaban J connectivity index is 2.07. The number of carbonyl (C=O) groups is 2. The van der Waals surface area contributed by atoms with Gasteiger partial charge in [-0.2, -0.15) is 4.57 Å². The minimum atomic E-state index is -0.572. The predicted molar refractivity (Wildman–Crippen MR) is 91.3 cm³/mol. The van der Waals surface area contributed by atoms with Crippen molar-refractivity contribution in [3.05, 3.63) is 58.4 Å². The fraction of sp³-hybridized carbons (Fsp3) is 0.235. The second-order valence-electron chi connectivity index (χ2n) is 5.17. The lowest BCUT2D eigenvalue weighted by Gasteiger charge is -2.05. The van der Waals surface area contributed by atoms with E-state index in [0.29, 0.717) is 11.3 Å². The van der Waals surface area contributed by atoms with Gasteiger partial charge in [-0.05, 0) is 19.1 Å². The van der Waals surface area contributed by atoms with Crippen LogP contribution in [-0.4, -0.2) is 30.5 Å². The van der Waals surface area contributed by atoms with E-state index in [-0.39, 0.29) is 30.4 Å². The summed E-state index contributed by atoms with van der Waals surface area (Å²) in [5.74, 6) is -0.214. The number of hydrogen-bond donors (Lipinski definition) is 1. The van der Waals surface area contributed by atoms with Gasteiger partial charge in [0.1, 0.15) is 0 Å². The maximum Gasteiger partial charge on any atom is 0.411 e. The molecule has 1 aromatic carbocycles. The van der Waals surface area contributed by atoms with Gasteiger partial charge in [0.05, 0.1) is 24.3 Å². The van der Waals surface area contributed by atoms with Crippen molar-refractivity contribution < 1.29 is 28.6 Å². The number of benzene rings is 1. The van der Waals surface area contributed by atoms with Gasteiger partial charge in [-0.1, -0.05) is 0 Å². The lowest BCUT2D eigenvalue weighted by Crippen LogP contribution is -2.37. The molecule has 0 saturated carbocycles. The predicted octanol–water partition coefficient (Wildman–Crippen LogP) is 2.34. The van der Waals surface area contributed by atoms with Crippen molar-refractivity contribution in [1.29, 1.82) is 0 Å². The van der Waals surface area contributed by atoms with Gasteiger partial charge in [0.2, 0.25) is 12.3 Å². The molecule has 9 heteroatoms. The van der Waals surface area contributed by atoms with E-state index in [0.717, 1.165) is 0 Å². The van der Waals surface area contributed by atoms with Crippen molar-refractivity contribution in [2.75, 3.05) is 19.0 Å². The van der Waals surface area contributed by atoms with E-state index >= 15 is 0 Å². The molecule has 0 aliphatic rings. The molecule has 2 rings (SSSR count). The summed E-state index contributed by atoms with van der Waals surface area (Å²) in [6.07, 6.45) is 2.70. The normalized spacial score (nSPS) is 10.1. The molecule has 1 aromatic heterocycles. The number of Topliss-reactive ketones (excluding diaryl/α,β-unsaturated/α-hetero) is 1. The first-order valence-corrected chi connectivity index (χ1v) is 7.73. The Bertz CT molecular complexity index is 820. The summed E-state index contributed by atoms with van der Waals surface area (Å²) in [5.41, 5.74) is 0.629. The van der Waals surface area contributed by atoms with Gasteiger partial charge in [0.15, 0.2) is 18.1 Å². The quantitative estimate of drug-likeness (QED) is 0.351. The Morgan fingerprint density at radius 2 is 1.92 bits per heavy atom. The summed E-state index contributed by atoms with van der Waals surface area (Å²) in [4.78, 5) is 34.0. The second kappa shape index (κ2) is 8.56. The molecule has 0 atom stereocenters. The highest BCUT2D eigenvalue weighted by molar-refractivity contribution is 5.95. The smallest absolute Gasteiger partial charge is 0.411 e. The first-order valence-electron chi connectivity index (χ1n) is 7.73. The Hall–Kier alpha value is -3.49. The molecule has 1 amide bonds. The van der Waals surface area contributed by atoms with Gasteiger partial charge in [-0.3, -0.25) is 20.2 Å². The number of ketones is 1. The Morgan fingerprint density at radius 1 is 1.23 bits per heavy atom. The molecule has 1 N–H and O–H groups in total. The van der Waals surface area contributed by atoms with Gasteiger partial charge in [0.25, 0.3) is 0 Å². The van der Waals surface area contributed by atoms with Gasteiger partial charge < -0.3 is 9.47 Å². The average molecular weight is 360 g/mol. The van der Waals surface area contributed by atoms with E-state index in [1.54, 1.807) is 36.0 Å². The van der Waals surface area contributed by atoms with Crippen LogP contribution in [0.4, 0.5) is 16.2 Å². The van der Waals surface area contributed by atoms with Crippen LogP contribution in [0.15, 0.2) is 42.7 Å². The summed E-state index contributed by atoms with van der Waals surface area (Å²) in [6, 6.07) is 7.22. The lowest BCUT2D eigenvalue weighted by molar-refractivity contribution is -0.683. The zero-order valence-electron chi connectivity index (χ0n) is 14.3. The van der Waals surface area contributed by atoms with Crippen LogP contribution in [0, 0.1) is 10.1 Å². The second-order valence-corrected chi connectivity index (χ2v) is 5.17. The van der Waals surface area contributed by atoms with Crippen LogP contribution in [-0.2, 0) is 11.3 Å². The van der Waals surface area contributed by atoms with E-state index in [2.05, 4.69) is 5.32 Å². The number of anilines is 1. The molecule has 136 valence electrons. The van der Waals surface area contributed by atoms with Crippen LogP contribution in [0.25, 0.3) is 0 Å². The molecule has 26 heavy (non-hydrogen) atoms. The maximum atomic E-state index is 12.4. The van der Waals surface area contributed by atoms with Crippen LogP contribution in [0.2, 0.25) is 0 Å². The van der Waals surface area contributed by atoms with Gasteiger partial charge in [-0.15, -0.1) is 0 Å². The van der Waals surface area contributed by atoms with E-state index < -0.39 is 11.0 Å². The highest BCUT2D eigenvalue weighted by Crippen LogP contribution is 2.27. The van der Waals surface area contributed by atoms with E-state index in [1.807, 2.05) is 0 Å². The third-order valence-corrected chi connectivity index (χ3v) is 3.44. The van der Waals surface area contributed by atoms with Gasteiger partial charge in [0, 0.05) is 23.8 Å². The van der Waals surface area contributed by atoms with Crippen molar-refractivity contribution >= 4 is 23.3 Å². The molecule has 0 unspecified atom stereocenters. The number of amides is 1. The molecule has 0 aliphatic heterocycles. The Morgan fingerprint density at radius 3 is 2.50 bits per heavy atom. The van der Waals surface area contributed by atoms with E-state index in [4.69, 9.17) is 9.47 Å². The number of carbonyl (C=O) groups excluding carboxylic acids is 2. The Kier molecular flexibility index (Phi) is 6.20. The third kappa shape index (κ3) is 4.76. The van der Waals surface area contributed by atoms with Crippen molar-refractivity contribution in [3.8, 4) is 5.75 Å². The monoisotopic (exact) mass is 360 g/mol. The number of aromatic nitrogens is 1. The molecule has 1 heterocycles. The SMILES string of the molecule is CCOC(=O)Nc1cc[n+](CC(=O)c2ccc([N+](=O)[O-])c(OC)c2)cc1. The minimum Gasteiger partial charge on any atom is -0.490 e. The fourth-order valence-corrected chi connectivity index (χ4v) is 2.19. The number of hydrogen-bond acceptors (Lipinski definition) is 6. The summed E-state index contributed by atoms with van der Waals surface area (Å²) < 4.78 is 11.4. The van der Waals surface area contributed by atoms with Gasteiger partial charge in [-0.25, -0.2) is 4.79 Å². The van der Waals surface area contributed by atoms with Crippen LogP contribution >= 0.6 is 0 Å². The standard InChI is InChI=1S/C17H17N3O6/c1-3-26-17(22)18-13-6-8-19(9-7-13)11-15(21)12-4-5-14(20(23)24)16(10-12)25-2/h4-10H,3,11H2,1-2H3/p+1. The van der Waals surface area contributed by atoms with E-state index in [9.17, 15) is 19.7 Å². The Labute approximate surface area is 149 Å². The largest absolute Gasteiger partial charge is 0.490 e. The summed E-state index contributed by atoms with van der Waals surface area (Å²) in [6.45, 7) is 2.00. The first kappa shape index (κ1) is 18.8. The number of ether oxygens (including phenoxy) is 2. The van der Waals surface area contributed by atoms with Crippen LogP contribution in [0.1, 0.15) is 17.3 Å². The molecule has 0 saturated heterocycles. The highest BCUT2D eigenvalue weighted by atomic mass is 16.6. The molecular weight excluding hydrogens is 342 g/mol. The lowest BCUT2D eigenvalue weighted by atomic mass is 10.1. The first-order chi connectivity index (χ1) is 12.4. The van der Waals surface area contributed by atoms with Crippen molar-refractivity contribution in [2.24, 2.45) is 0 Å². The zero-order valence-corrected chi connectivity index (χ0v) is 14.3. The molecule has 0 spiro atoms. The molecule has 0 bridgehead atoms. The minimum absolute atomic E-state index is 0.0276. The number of nitrogens with zero attached hydrogens (tertiary/aromatic N) is 2. The van der Waals surface area contributed by atoms with Crippen LogP contribution < -0.4 is 14.6 Å². The topological polar surface area (TPSA) is 112 Å². The van der Waals surface area contributed by atoms with Crippen molar-refractivity contribution in [1.82, 2.24) is 0 Å². The summed E-state index contributed by atoms with van der Waals surface area (Å²) in [7, 11) is 1.31. The highest BCUT2D eigenvalue weighted by Gasteiger charge is 2.19. The van der Waals surface area contributed by atoms with Crippen molar-refractivity contribution in [3.63, 3.8) is 0 Å². The molecular formula is C17H18N3O6+. The number of methoxy groups -OCH3 is 1. The summed E-state index contributed by atoms with van der Waals surface area (Å²) in [5, 5.41) is 13.4. The number of nitro groups is 1. The molecule has 0 fully saturated rings.